The molecule has 0 spiro atoms. The Morgan fingerprint density at radius 2 is 1.97 bits per heavy atom. The van der Waals surface area contributed by atoms with Gasteiger partial charge in [0.2, 0.25) is 0 Å². The molecule has 160 valence electrons. The highest BCUT2D eigenvalue weighted by Crippen LogP contribution is 2.60. The zero-order valence-electron chi connectivity index (χ0n) is 16.7. The molecule has 1 aliphatic carbocycles. The molecule has 0 aromatic heterocycles. The van der Waals surface area contributed by atoms with E-state index in [1.807, 2.05) is 13.8 Å². The summed E-state index contributed by atoms with van der Waals surface area (Å²) in [4.78, 5) is 27.1. The van der Waals surface area contributed by atoms with Gasteiger partial charge in [0.05, 0.1) is 24.0 Å². The largest absolute Gasteiger partial charge is 0.426 e. The van der Waals surface area contributed by atoms with Gasteiger partial charge in [0, 0.05) is 7.11 Å². The van der Waals surface area contributed by atoms with E-state index in [1.54, 1.807) is 43.5 Å². The topological polar surface area (TPSA) is 55.8 Å². The van der Waals surface area contributed by atoms with Crippen molar-refractivity contribution in [2.24, 2.45) is 17.3 Å². The molecule has 0 radical (unpaired) electrons. The highest BCUT2D eigenvalue weighted by atomic mass is 35.5. The molecule has 1 aromatic carbocycles. The van der Waals surface area contributed by atoms with E-state index in [9.17, 15) is 9.59 Å². The quantitative estimate of drug-likeness (QED) is 0.233. The second kappa shape index (κ2) is 9.40. The number of carbonyl (C=O) groups is 2. The van der Waals surface area contributed by atoms with Crippen molar-refractivity contribution < 1.29 is 19.1 Å². The highest BCUT2D eigenvalue weighted by molar-refractivity contribution is 8.26. The molecule has 2 atom stereocenters. The number of carbonyl (C=O) groups excluding carboxylic acids is 2. The van der Waals surface area contributed by atoms with Crippen molar-refractivity contribution in [3.05, 3.63) is 45.3 Å². The van der Waals surface area contributed by atoms with Gasteiger partial charge in [-0.1, -0.05) is 73.2 Å². The number of hydrogen-bond acceptors (Lipinski definition) is 6. The van der Waals surface area contributed by atoms with Gasteiger partial charge in [0.15, 0.2) is 0 Å². The minimum Gasteiger partial charge on any atom is -0.426 e. The van der Waals surface area contributed by atoms with Crippen molar-refractivity contribution in [3.63, 3.8) is 0 Å². The number of methoxy groups -OCH3 is 1. The number of ether oxygens (including phenoxy) is 2. The van der Waals surface area contributed by atoms with Gasteiger partial charge in [-0.2, -0.15) is 0 Å². The van der Waals surface area contributed by atoms with Crippen molar-refractivity contribution in [3.8, 4) is 5.75 Å². The van der Waals surface area contributed by atoms with E-state index >= 15 is 0 Å². The molecule has 1 saturated heterocycles. The van der Waals surface area contributed by atoms with Crippen LogP contribution in [-0.2, 0) is 14.3 Å². The Morgan fingerprint density at radius 3 is 2.57 bits per heavy atom. The van der Waals surface area contributed by atoms with E-state index in [4.69, 9.17) is 44.9 Å². The molecule has 1 aliphatic heterocycles. The molecule has 2 fully saturated rings. The van der Waals surface area contributed by atoms with Gasteiger partial charge in [-0.05, 0) is 41.2 Å². The van der Waals surface area contributed by atoms with Gasteiger partial charge in [-0.15, -0.1) is 0 Å². The van der Waals surface area contributed by atoms with Gasteiger partial charge in [0.1, 0.15) is 14.6 Å². The number of rotatable bonds is 7. The molecule has 1 heterocycles. The summed E-state index contributed by atoms with van der Waals surface area (Å²) in [6, 6.07) is 6.97. The summed E-state index contributed by atoms with van der Waals surface area (Å²) >= 11 is 18.0. The predicted octanol–water partition coefficient (Wildman–Crippen LogP) is 5.03. The second-order valence-corrected chi connectivity index (χ2v) is 10.3. The summed E-state index contributed by atoms with van der Waals surface area (Å²) in [6.07, 6.45) is 3.45. The molecule has 1 amide bonds. The first-order chi connectivity index (χ1) is 14.1. The molecule has 5 nitrogen and oxygen atoms in total. The number of hydrogen-bond donors (Lipinski definition) is 0. The lowest BCUT2D eigenvalue weighted by molar-refractivity contribution is -0.136. The van der Waals surface area contributed by atoms with Crippen LogP contribution in [0.5, 0.6) is 5.75 Å². The molecule has 1 aromatic rings. The van der Waals surface area contributed by atoms with E-state index < -0.39 is 0 Å². The van der Waals surface area contributed by atoms with Gasteiger partial charge < -0.3 is 9.47 Å². The monoisotopic (exact) mass is 485 g/mol. The van der Waals surface area contributed by atoms with Crippen LogP contribution < -0.4 is 4.74 Å². The van der Waals surface area contributed by atoms with Crippen LogP contribution in [0.15, 0.2) is 39.7 Å². The lowest BCUT2D eigenvalue weighted by Crippen LogP contribution is -2.31. The van der Waals surface area contributed by atoms with Crippen LogP contribution in [-0.4, -0.2) is 41.4 Å². The lowest BCUT2D eigenvalue weighted by atomic mass is 10.1. The summed E-state index contributed by atoms with van der Waals surface area (Å²) in [5, 5.41) is 0. The summed E-state index contributed by atoms with van der Waals surface area (Å²) in [6.45, 7) is 4.80. The van der Waals surface area contributed by atoms with Crippen LogP contribution in [0, 0.1) is 17.3 Å². The number of nitrogens with zero attached hydrogens (tertiary/aromatic N) is 1. The SMILES string of the molecule is COCCN1C(=O)/C(=C/c2ccc(OC(=O)[C@@H]3[C@H](C=C(Cl)Cl)C3(C)C)cc2)SC1=S. The van der Waals surface area contributed by atoms with Crippen molar-refractivity contribution in [1.29, 1.82) is 0 Å². The van der Waals surface area contributed by atoms with Crippen molar-refractivity contribution in [1.82, 2.24) is 4.90 Å². The maximum absolute atomic E-state index is 12.5. The predicted molar refractivity (Wildman–Crippen MR) is 124 cm³/mol. The van der Waals surface area contributed by atoms with Crippen molar-refractivity contribution in [2.75, 3.05) is 20.3 Å². The van der Waals surface area contributed by atoms with Gasteiger partial charge in [0.25, 0.3) is 5.91 Å². The number of thioether (sulfide) groups is 1. The molecule has 2 aliphatic rings. The summed E-state index contributed by atoms with van der Waals surface area (Å²) in [7, 11) is 1.58. The Hall–Kier alpha value is -1.38. The third-order valence-corrected chi connectivity index (χ3v) is 6.89. The number of allylic oxidation sites excluding steroid dienone is 1. The van der Waals surface area contributed by atoms with Gasteiger partial charge in [-0.25, -0.2) is 0 Å². The van der Waals surface area contributed by atoms with Crippen LogP contribution in [0.4, 0.5) is 0 Å². The zero-order chi connectivity index (χ0) is 22.1. The van der Waals surface area contributed by atoms with E-state index in [0.717, 1.165) is 5.56 Å². The third kappa shape index (κ3) is 5.08. The normalized spacial score (nSPS) is 23.6. The fourth-order valence-corrected chi connectivity index (χ4v) is 4.99. The first-order valence-electron chi connectivity index (χ1n) is 9.24. The Balaban J connectivity index is 1.64. The number of halogens is 2. The number of thiocarbonyl (C=S) groups is 1. The standard InChI is InChI=1S/C21H21Cl2NO4S2/c1-21(2)14(11-16(22)23)17(21)19(26)28-13-6-4-12(5-7-13)10-15-18(25)24(8-9-27-3)20(29)30-15/h4-7,10-11,14,17H,8-9H2,1-3H3/b15-10-/t14-,17-/m0/s1. The average molecular weight is 486 g/mol. The summed E-state index contributed by atoms with van der Waals surface area (Å²) < 4.78 is 11.2. The summed E-state index contributed by atoms with van der Waals surface area (Å²) in [5.41, 5.74) is 0.562. The van der Waals surface area contributed by atoms with E-state index in [1.165, 1.54) is 16.7 Å². The summed E-state index contributed by atoms with van der Waals surface area (Å²) in [5.74, 6) is -0.354. The number of benzene rings is 1. The van der Waals surface area contributed by atoms with Crippen LogP contribution in [0.25, 0.3) is 6.08 Å². The second-order valence-electron chi connectivity index (χ2n) is 7.60. The lowest BCUT2D eigenvalue weighted by Gasteiger charge is -2.12. The Bertz CT molecular complexity index is 923. The minimum atomic E-state index is -0.317. The minimum absolute atomic E-state index is 0.0469. The molecular formula is C21H21Cl2NO4S2. The number of amides is 1. The molecule has 1 saturated carbocycles. The van der Waals surface area contributed by atoms with Crippen molar-refractivity contribution in [2.45, 2.75) is 13.8 Å². The Labute approximate surface area is 195 Å². The molecule has 30 heavy (non-hydrogen) atoms. The third-order valence-electron chi connectivity index (χ3n) is 5.26. The fraction of sp³-hybridized carbons (Fsp3) is 0.381. The van der Waals surface area contributed by atoms with E-state index in [0.29, 0.717) is 28.1 Å². The van der Waals surface area contributed by atoms with Crippen LogP contribution in [0.1, 0.15) is 19.4 Å². The van der Waals surface area contributed by atoms with Crippen molar-refractivity contribution >= 4 is 69.5 Å². The first kappa shape index (κ1) is 23.3. The van der Waals surface area contributed by atoms with Gasteiger partial charge in [-0.3, -0.25) is 14.5 Å². The van der Waals surface area contributed by atoms with Crippen LogP contribution in [0.3, 0.4) is 0 Å². The molecule has 0 bridgehead atoms. The molecule has 9 heteroatoms. The van der Waals surface area contributed by atoms with E-state index in [2.05, 4.69) is 0 Å². The van der Waals surface area contributed by atoms with Gasteiger partial charge >= 0.3 is 5.97 Å². The average Bonchev–Trinajstić information content (AvgIpc) is 3.10. The Morgan fingerprint density at radius 1 is 1.30 bits per heavy atom. The maximum Gasteiger partial charge on any atom is 0.315 e. The zero-order valence-corrected chi connectivity index (χ0v) is 19.8. The van der Waals surface area contributed by atoms with E-state index in [-0.39, 0.29) is 33.6 Å². The maximum atomic E-state index is 12.5. The molecule has 0 unspecified atom stereocenters. The highest BCUT2D eigenvalue weighted by Gasteiger charge is 2.61. The Kier molecular flexibility index (Phi) is 7.30. The number of esters is 1. The first-order valence-corrected chi connectivity index (χ1v) is 11.2. The fourth-order valence-electron chi connectivity index (χ4n) is 3.41. The van der Waals surface area contributed by atoms with Crippen LogP contribution >= 0.6 is 47.2 Å². The molecular weight excluding hydrogens is 465 g/mol. The van der Waals surface area contributed by atoms with Crippen LogP contribution in [0.2, 0.25) is 0 Å². The molecule has 0 N–H and O–H groups in total. The smallest absolute Gasteiger partial charge is 0.315 e. The molecule has 3 rings (SSSR count).